The third kappa shape index (κ3) is 2.96. The van der Waals surface area contributed by atoms with E-state index in [4.69, 9.17) is 39.6 Å². The molecule has 0 saturated carbocycles. The Labute approximate surface area is 185 Å². The number of furan rings is 1. The lowest BCUT2D eigenvalue weighted by Crippen LogP contribution is -2.39. The molecule has 0 atom stereocenters. The van der Waals surface area contributed by atoms with Crippen LogP contribution >= 0.6 is 11.6 Å². The number of phenols is 2. The van der Waals surface area contributed by atoms with Crippen LogP contribution in [0.4, 0.5) is 0 Å². The minimum atomic E-state index is -0.510. The molecule has 6 radical (unpaired) electrons. The third-order valence-electron chi connectivity index (χ3n) is 5.04. The molecule has 0 aliphatic rings. The molecule has 2 aromatic heterocycles. The number of aromatic nitrogens is 3. The number of benzene rings is 3. The molecule has 0 spiro atoms. The second-order valence-corrected chi connectivity index (χ2v) is 7.18. The van der Waals surface area contributed by atoms with Gasteiger partial charge in [0.25, 0.3) is 0 Å². The fourth-order valence-corrected chi connectivity index (χ4v) is 3.70. The van der Waals surface area contributed by atoms with Crippen LogP contribution in [0.5, 0.6) is 11.5 Å². The van der Waals surface area contributed by atoms with Crippen molar-refractivity contribution in [2.45, 2.75) is 0 Å². The molecule has 2 N–H and O–H groups in total. The van der Waals surface area contributed by atoms with Gasteiger partial charge in [-0.3, -0.25) is 0 Å². The number of nitrogens with zero attached hydrogens (tertiary/aromatic N) is 3. The average Bonchev–Trinajstić information content (AvgIpc) is 3.15. The first-order chi connectivity index (χ1) is 14.9. The van der Waals surface area contributed by atoms with Crippen molar-refractivity contribution < 1.29 is 14.6 Å². The van der Waals surface area contributed by atoms with E-state index in [2.05, 4.69) is 15.0 Å². The molecule has 31 heavy (non-hydrogen) atoms. The van der Waals surface area contributed by atoms with Crippen LogP contribution in [0.15, 0.2) is 46.9 Å². The van der Waals surface area contributed by atoms with Crippen LogP contribution in [-0.2, 0) is 0 Å². The largest absolute Gasteiger partial charge is 0.508 e. The Bertz CT molecular complexity index is 1490. The lowest BCUT2D eigenvalue weighted by Gasteiger charge is -2.16. The van der Waals surface area contributed by atoms with E-state index >= 15 is 0 Å². The number of halogens is 1. The Balaban J connectivity index is 1.81. The fourth-order valence-electron chi connectivity index (χ4n) is 3.54. The van der Waals surface area contributed by atoms with Gasteiger partial charge in [0, 0.05) is 16.3 Å². The molecule has 6 nitrogen and oxygen atoms in total. The Morgan fingerprint density at radius 2 is 1.39 bits per heavy atom. The minimum Gasteiger partial charge on any atom is -0.508 e. The summed E-state index contributed by atoms with van der Waals surface area (Å²) in [5.41, 5.74) is 1.23. The standard InChI is InChI=1S/C21H9B3ClN3O3/c22-14-15(23)17(29)13(18(30)16(14)24)20-26-19(27-21(25)28-20)9-5-3-7-11-12(9)8-4-1-2-6-10(8)31-11/h1-7,29-30H. The van der Waals surface area contributed by atoms with Gasteiger partial charge in [0.15, 0.2) is 11.6 Å². The van der Waals surface area contributed by atoms with E-state index in [9.17, 15) is 10.2 Å². The van der Waals surface area contributed by atoms with Crippen LogP contribution in [0.1, 0.15) is 0 Å². The first-order valence-electron chi connectivity index (χ1n) is 9.07. The highest BCUT2D eigenvalue weighted by atomic mass is 35.5. The van der Waals surface area contributed by atoms with Gasteiger partial charge in [-0.2, -0.15) is 9.97 Å². The molecule has 0 fully saturated rings. The van der Waals surface area contributed by atoms with E-state index in [1.807, 2.05) is 36.4 Å². The highest BCUT2D eigenvalue weighted by Crippen LogP contribution is 2.37. The molecular formula is C21H9B3ClN3O3. The molecular weight excluding hydrogens is 410 g/mol. The smallest absolute Gasteiger partial charge is 0.226 e. The lowest BCUT2D eigenvalue weighted by atomic mass is 9.70. The van der Waals surface area contributed by atoms with Crippen molar-refractivity contribution in [3.63, 3.8) is 0 Å². The van der Waals surface area contributed by atoms with Crippen molar-refractivity contribution in [3.8, 4) is 34.3 Å². The van der Waals surface area contributed by atoms with E-state index in [-0.39, 0.29) is 38.9 Å². The number of phenolic OH excluding ortho intramolecular Hbond substituents is 2. The molecule has 0 amide bonds. The van der Waals surface area contributed by atoms with E-state index in [0.717, 1.165) is 10.8 Å². The van der Waals surface area contributed by atoms with Crippen LogP contribution in [0.2, 0.25) is 5.28 Å². The molecule has 5 aromatic rings. The molecule has 0 saturated heterocycles. The van der Waals surface area contributed by atoms with Crippen molar-refractivity contribution in [3.05, 3.63) is 47.7 Å². The second kappa shape index (κ2) is 7.06. The topological polar surface area (TPSA) is 92.3 Å². The molecule has 2 heterocycles. The maximum absolute atomic E-state index is 10.5. The van der Waals surface area contributed by atoms with Crippen LogP contribution in [-0.4, -0.2) is 48.7 Å². The number of rotatable bonds is 2. The van der Waals surface area contributed by atoms with Gasteiger partial charge in [0.05, 0.1) is 0 Å². The van der Waals surface area contributed by atoms with Gasteiger partial charge < -0.3 is 14.6 Å². The van der Waals surface area contributed by atoms with Crippen molar-refractivity contribution in [2.75, 3.05) is 0 Å². The van der Waals surface area contributed by atoms with Gasteiger partial charge in [-0.05, 0) is 23.7 Å². The predicted molar refractivity (Wildman–Crippen MR) is 122 cm³/mol. The van der Waals surface area contributed by atoms with Gasteiger partial charge in [-0.25, -0.2) is 4.98 Å². The minimum absolute atomic E-state index is 0.117. The highest BCUT2D eigenvalue weighted by Gasteiger charge is 2.22. The maximum Gasteiger partial charge on any atom is 0.226 e. The van der Waals surface area contributed by atoms with Crippen molar-refractivity contribution in [1.29, 1.82) is 0 Å². The Kier molecular flexibility index (Phi) is 4.45. The zero-order chi connectivity index (χ0) is 21.9. The monoisotopic (exact) mass is 419 g/mol. The number of hydrogen-bond donors (Lipinski definition) is 2. The number of hydrogen-bond acceptors (Lipinski definition) is 6. The molecule has 0 aliphatic heterocycles. The van der Waals surface area contributed by atoms with Gasteiger partial charge in [-0.1, -0.05) is 41.3 Å². The van der Waals surface area contributed by atoms with Gasteiger partial charge in [0.2, 0.25) is 5.28 Å². The summed E-state index contributed by atoms with van der Waals surface area (Å²) in [5, 5.41) is 22.5. The summed E-state index contributed by atoms with van der Waals surface area (Å²) in [5.74, 6) is -0.929. The Morgan fingerprint density at radius 1 is 0.742 bits per heavy atom. The van der Waals surface area contributed by atoms with E-state index in [1.165, 1.54) is 0 Å². The molecule has 3 aromatic carbocycles. The molecule has 5 rings (SSSR count). The first kappa shape index (κ1) is 19.5. The summed E-state index contributed by atoms with van der Waals surface area (Å²) < 4.78 is 5.91. The quantitative estimate of drug-likeness (QED) is 0.422. The van der Waals surface area contributed by atoms with Crippen molar-refractivity contribution in [1.82, 2.24) is 15.0 Å². The summed E-state index contributed by atoms with van der Waals surface area (Å²) in [6.07, 6.45) is 0. The number of aromatic hydroxyl groups is 2. The zero-order valence-corrected chi connectivity index (χ0v) is 16.6. The van der Waals surface area contributed by atoms with Gasteiger partial charge in [-0.15, -0.1) is 5.46 Å². The SMILES string of the molecule is [B]c1c([B])c(O)c(-c2nc(Cl)nc(-c3cccc4oc5ccccc5c34)n2)c(O)c1[B]. The first-order valence-corrected chi connectivity index (χ1v) is 9.45. The highest BCUT2D eigenvalue weighted by molar-refractivity contribution is 6.59. The molecule has 142 valence electrons. The molecule has 0 aliphatic carbocycles. The van der Waals surface area contributed by atoms with Crippen LogP contribution < -0.4 is 16.4 Å². The van der Waals surface area contributed by atoms with Crippen LogP contribution in [0.25, 0.3) is 44.7 Å². The van der Waals surface area contributed by atoms with Gasteiger partial charge >= 0.3 is 0 Å². The number of para-hydroxylation sites is 1. The van der Waals surface area contributed by atoms with Gasteiger partial charge in [0.1, 0.15) is 51.8 Å². The Hall–Kier alpha value is -3.45. The number of fused-ring (bicyclic) bond motifs is 3. The summed E-state index contributed by atoms with van der Waals surface area (Å²) >= 11 is 6.17. The third-order valence-corrected chi connectivity index (χ3v) is 5.21. The molecule has 0 unspecified atom stereocenters. The summed E-state index contributed by atoms with van der Waals surface area (Å²) in [6.45, 7) is 0. The van der Waals surface area contributed by atoms with E-state index in [1.54, 1.807) is 6.07 Å². The molecule has 10 heteroatoms. The molecule has 0 bridgehead atoms. The lowest BCUT2D eigenvalue weighted by molar-refractivity contribution is 0.459. The summed E-state index contributed by atoms with van der Waals surface area (Å²) in [4.78, 5) is 12.7. The Morgan fingerprint density at radius 3 is 2.13 bits per heavy atom. The van der Waals surface area contributed by atoms with Crippen LogP contribution in [0.3, 0.4) is 0 Å². The van der Waals surface area contributed by atoms with Crippen LogP contribution in [0, 0.1) is 0 Å². The van der Waals surface area contributed by atoms with Crippen molar-refractivity contribution in [2.24, 2.45) is 0 Å². The van der Waals surface area contributed by atoms with Crippen molar-refractivity contribution >= 4 is 73.5 Å². The predicted octanol–water partition coefficient (Wildman–Crippen LogP) is 1.55. The summed E-state index contributed by atoms with van der Waals surface area (Å²) in [6, 6.07) is 13.0. The maximum atomic E-state index is 10.5. The summed E-state index contributed by atoms with van der Waals surface area (Å²) in [7, 11) is 17.4. The van der Waals surface area contributed by atoms with E-state index in [0.29, 0.717) is 16.7 Å². The zero-order valence-electron chi connectivity index (χ0n) is 15.8. The normalized spacial score (nSPS) is 11.4. The average molecular weight is 419 g/mol. The van der Waals surface area contributed by atoms with E-state index < -0.39 is 11.5 Å². The second-order valence-electron chi connectivity index (χ2n) is 6.84. The fraction of sp³-hybridized carbons (Fsp3) is 0.